The highest BCUT2D eigenvalue weighted by Crippen LogP contribution is 2.18. The van der Waals surface area contributed by atoms with E-state index in [1.165, 1.54) is 6.20 Å². The monoisotopic (exact) mass is 242 g/mol. The molecular formula is C9H14N4O2S. The van der Waals surface area contributed by atoms with Gasteiger partial charge in [0.15, 0.2) is 5.82 Å². The fourth-order valence-electron chi connectivity index (χ4n) is 1.25. The van der Waals surface area contributed by atoms with Crippen LogP contribution in [0.3, 0.4) is 0 Å². The largest absolute Gasteiger partial charge is 0.313 e. The van der Waals surface area contributed by atoms with Crippen molar-refractivity contribution in [2.24, 2.45) is 0 Å². The zero-order chi connectivity index (χ0) is 11.4. The summed E-state index contributed by atoms with van der Waals surface area (Å²) in [7, 11) is -3.32. The van der Waals surface area contributed by atoms with Crippen LogP contribution in [0, 0.1) is 0 Å². The van der Waals surface area contributed by atoms with E-state index in [2.05, 4.69) is 20.2 Å². The van der Waals surface area contributed by atoms with Crippen molar-refractivity contribution >= 4 is 15.8 Å². The smallest absolute Gasteiger partial charge is 0.235 e. The van der Waals surface area contributed by atoms with Crippen LogP contribution in [0.4, 0.5) is 5.82 Å². The van der Waals surface area contributed by atoms with E-state index in [0.717, 1.165) is 12.8 Å². The van der Waals surface area contributed by atoms with Crippen LogP contribution in [0.15, 0.2) is 18.3 Å². The molecule has 0 unspecified atom stereocenters. The van der Waals surface area contributed by atoms with E-state index in [0.29, 0.717) is 12.6 Å². The molecule has 2 N–H and O–H groups in total. The van der Waals surface area contributed by atoms with Gasteiger partial charge in [-0.3, -0.25) is 4.72 Å². The van der Waals surface area contributed by atoms with Crippen molar-refractivity contribution in [3.63, 3.8) is 0 Å². The molecule has 6 nitrogen and oxygen atoms in total. The molecule has 0 spiro atoms. The molecule has 0 atom stereocenters. The second-order valence-corrected chi connectivity index (χ2v) is 5.60. The van der Waals surface area contributed by atoms with Gasteiger partial charge in [0, 0.05) is 18.8 Å². The van der Waals surface area contributed by atoms with E-state index in [1.54, 1.807) is 12.1 Å². The van der Waals surface area contributed by atoms with Crippen LogP contribution in [0.2, 0.25) is 0 Å². The Kier molecular flexibility index (Phi) is 3.35. The van der Waals surface area contributed by atoms with Crippen LogP contribution in [0.5, 0.6) is 0 Å². The Balaban J connectivity index is 1.82. The third-order valence-corrected chi connectivity index (χ3v) is 3.48. The SMILES string of the molecule is O=S(=O)(CCNC1CC1)Nc1cccnn1. The van der Waals surface area contributed by atoms with E-state index >= 15 is 0 Å². The van der Waals surface area contributed by atoms with Crippen LogP contribution in [-0.4, -0.2) is 37.0 Å². The Labute approximate surface area is 94.5 Å². The minimum Gasteiger partial charge on any atom is -0.313 e. The lowest BCUT2D eigenvalue weighted by atomic mass is 10.6. The highest BCUT2D eigenvalue weighted by atomic mass is 32.2. The van der Waals surface area contributed by atoms with Crippen LogP contribution >= 0.6 is 0 Å². The Morgan fingerprint density at radius 1 is 1.44 bits per heavy atom. The maximum atomic E-state index is 11.6. The van der Waals surface area contributed by atoms with Crippen molar-refractivity contribution in [1.82, 2.24) is 15.5 Å². The number of hydrogen-bond donors (Lipinski definition) is 2. The van der Waals surface area contributed by atoms with Crippen LogP contribution in [0.25, 0.3) is 0 Å². The minimum absolute atomic E-state index is 0.0556. The molecule has 1 heterocycles. The molecule has 1 saturated carbocycles. The quantitative estimate of drug-likeness (QED) is 0.732. The molecule has 2 rings (SSSR count). The first-order valence-electron chi connectivity index (χ1n) is 5.17. The number of rotatable bonds is 6. The molecule has 0 aromatic carbocycles. The van der Waals surface area contributed by atoms with Gasteiger partial charge in [-0.25, -0.2) is 8.42 Å². The van der Waals surface area contributed by atoms with E-state index < -0.39 is 10.0 Å². The highest BCUT2D eigenvalue weighted by molar-refractivity contribution is 7.92. The fourth-order valence-corrected chi connectivity index (χ4v) is 2.17. The third-order valence-electron chi connectivity index (χ3n) is 2.21. The number of hydrogen-bond acceptors (Lipinski definition) is 5. The van der Waals surface area contributed by atoms with Gasteiger partial charge >= 0.3 is 0 Å². The van der Waals surface area contributed by atoms with Gasteiger partial charge in [-0.15, -0.1) is 5.10 Å². The van der Waals surface area contributed by atoms with Crippen LogP contribution < -0.4 is 10.0 Å². The first-order chi connectivity index (χ1) is 7.66. The lowest BCUT2D eigenvalue weighted by Crippen LogP contribution is -2.28. The second-order valence-electron chi connectivity index (χ2n) is 3.76. The van der Waals surface area contributed by atoms with Crippen LogP contribution in [0.1, 0.15) is 12.8 Å². The van der Waals surface area contributed by atoms with Gasteiger partial charge in [-0.05, 0) is 25.0 Å². The summed E-state index contributed by atoms with van der Waals surface area (Å²) in [5, 5.41) is 10.4. The van der Waals surface area contributed by atoms with Gasteiger partial charge in [-0.1, -0.05) is 0 Å². The van der Waals surface area contributed by atoms with Crippen molar-refractivity contribution in [2.45, 2.75) is 18.9 Å². The summed E-state index contributed by atoms with van der Waals surface area (Å²) in [4.78, 5) is 0. The molecule has 0 radical (unpaired) electrons. The summed E-state index contributed by atoms with van der Waals surface area (Å²) in [5.74, 6) is 0.314. The fraction of sp³-hybridized carbons (Fsp3) is 0.556. The van der Waals surface area contributed by atoms with Gasteiger partial charge in [0.25, 0.3) is 0 Å². The van der Waals surface area contributed by atoms with Crippen molar-refractivity contribution in [3.05, 3.63) is 18.3 Å². The topological polar surface area (TPSA) is 84.0 Å². The Morgan fingerprint density at radius 2 is 2.25 bits per heavy atom. The molecule has 0 amide bonds. The molecule has 1 aliphatic rings. The molecule has 0 bridgehead atoms. The Morgan fingerprint density at radius 3 is 2.88 bits per heavy atom. The van der Waals surface area contributed by atoms with Crippen molar-refractivity contribution in [2.75, 3.05) is 17.0 Å². The van der Waals surface area contributed by atoms with Crippen molar-refractivity contribution in [1.29, 1.82) is 0 Å². The summed E-state index contributed by atoms with van der Waals surface area (Å²) in [5.41, 5.74) is 0. The Bertz CT molecular complexity index is 430. The normalized spacial score (nSPS) is 16.0. The molecular weight excluding hydrogens is 228 g/mol. The molecule has 1 aromatic rings. The van der Waals surface area contributed by atoms with E-state index in [4.69, 9.17) is 0 Å². The summed E-state index contributed by atoms with van der Waals surface area (Å²) >= 11 is 0. The molecule has 0 saturated heterocycles. The van der Waals surface area contributed by atoms with Crippen molar-refractivity contribution < 1.29 is 8.42 Å². The lowest BCUT2D eigenvalue weighted by Gasteiger charge is -2.06. The predicted octanol–water partition coefficient (Wildman–Crippen LogP) is -0.0297. The first kappa shape index (κ1) is 11.3. The predicted molar refractivity (Wildman–Crippen MR) is 60.5 cm³/mol. The lowest BCUT2D eigenvalue weighted by molar-refractivity contribution is 0.595. The average Bonchev–Trinajstić information content (AvgIpc) is 3.02. The van der Waals surface area contributed by atoms with Gasteiger partial charge in [-0.2, -0.15) is 5.10 Å². The zero-order valence-electron chi connectivity index (χ0n) is 8.76. The highest BCUT2D eigenvalue weighted by Gasteiger charge is 2.21. The number of sulfonamides is 1. The standard InChI is InChI=1S/C9H14N4O2S/c14-16(15,7-6-10-8-3-4-8)13-9-2-1-5-11-12-9/h1-2,5,8,10H,3-4,6-7H2,(H,12,13). The molecule has 88 valence electrons. The number of nitrogens with one attached hydrogen (secondary N) is 2. The summed E-state index contributed by atoms with van der Waals surface area (Å²) in [6.45, 7) is 0.472. The number of nitrogens with zero attached hydrogens (tertiary/aromatic N) is 2. The molecule has 0 aliphatic heterocycles. The van der Waals surface area contributed by atoms with Gasteiger partial charge < -0.3 is 5.32 Å². The third kappa shape index (κ3) is 3.74. The maximum Gasteiger partial charge on any atom is 0.235 e. The molecule has 1 fully saturated rings. The summed E-state index contributed by atoms with van der Waals surface area (Å²) in [6.07, 6.45) is 3.79. The summed E-state index contributed by atoms with van der Waals surface area (Å²) < 4.78 is 25.5. The van der Waals surface area contributed by atoms with E-state index in [1.807, 2.05) is 0 Å². The van der Waals surface area contributed by atoms with Crippen molar-refractivity contribution in [3.8, 4) is 0 Å². The Hall–Kier alpha value is -1.21. The molecule has 7 heteroatoms. The van der Waals surface area contributed by atoms with Gasteiger partial charge in [0.05, 0.1) is 5.75 Å². The van der Waals surface area contributed by atoms with Gasteiger partial charge in [0.1, 0.15) is 0 Å². The van der Waals surface area contributed by atoms with Gasteiger partial charge in [0.2, 0.25) is 10.0 Å². The average molecular weight is 242 g/mol. The maximum absolute atomic E-state index is 11.6. The van der Waals surface area contributed by atoms with E-state index in [9.17, 15) is 8.42 Å². The number of aromatic nitrogens is 2. The minimum atomic E-state index is -3.32. The summed E-state index contributed by atoms with van der Waals surface area (Å²) in [6, 6.07) is 3.72. The first-order valence-corrected chi connectivity index (χ1v) is 6.82. The molecule has 16 heavy (non-hydrogen) atoms. The zero-order valence-corrected chi connectivity index (χ0v) is 9.57. The second kappa shape index (κ2) is 4.75. The molecule has 1 aliphatic carbocycles. The number of anilines is 1. The van der Waals surface area contributed by atoms with Crippen LogP contribution in [-0.2, 0) is 10.0 Å². The van der Waals surface area contributed by atoms with E-state index in [-0.39, 0.29) is 11.6 Å². The molecule has 1 aromatic heterocycles.